The molecule has 7 heteroatoms. The van der Waals surface area contributed by atoms with Gasteiger partial charge in [0, 0.05) is 36.0 Å². The summed E-state index contributed by atoms with van der Waals surface area (Å²) in [5.74, 6) is 1.49. The van der Waals surface area contributed by atoms with Gasteiger partial charge in [-0.05, 0) is 50.6 Å². The van der Waals surface area contributed by atoms with Crippen molar-refractivity contribution < 1.29 is 4.39 Å². The van der Waals surface area contributed by atoms with Gasteiger partial charge in [-0.25, -0.2) is 24.3 Å². The normalized spacial score (nSPS) is 14.5. The summed E-state index contributed by atoms with van der Waals surface area (Å²) in [6, 6.07) is 6.33. The third kappa shape index (κ3) is 4.36. The van der Waals surface area contributed by atoms with Gasteiger partial charge < -0.3 is 10.6 Å². The van der Waals surface area contributed by atoms with Gasteiger partial charge in [-0.15, -0.1) is 6.58 Å². The lowest BCUT2D eigenvalue weighted by Crippen LogP contribution is -2.27. The average molecular weight is 404 g/mol. The summed E-state index contributed by atoms with van der Waals surface area (Å²) >= 11 is 0. The fraction of sp³-hybridized carbons (Fsp3) is 0.304. The van der Waals surface area contributed by atoms with Crippen LogP contribution in [0.15, 0.2) is 49.3 Å². The van der Waals surface area contributed by atoms with Crippen LogP contribution in [0.3, 0.4) is 0 Å². The van der Waals surface area contributed by atoms with Crippen LogP contribution in [0.25, 0.3) is 22.4 Å². The minimum absolute atomic E-state index is 0.281. The van der Waals surface area contributed by atoms with Gasteiger partial charge >= 0.3 is 0 Å². The van der Waals surface area contributed by atoms with Crippen molar-refractivity contribution in [2.75, 3.05) is 25.0 Å². The molecule has 1 aliphatic rings. The SMILES string of the molecule is C=CCNc1ncc(-c2ccc(F)cc2)c(-c2cnc(C3CCNCC3)nc2C)n1. The Kier molecular flexibility index (Phi) is 6.09. The van der Waals surface area contributed by atoms with Crippen LogP contribution in [0.1, 0.15) is 30.3 Å². The largest absolute Gasteiger partial charge is 0.351 e. The molecule has 6 nitrogen and oxygen atoms in total. The van der Waals surface area contributed by atoms with E-state index in [0.717, 1.165) is 59.8 Å². The van der Waals surface area contributed by atoms with Crippen molar-refractivity contribution in [2.45, 2.75) is 25.7 Å². The molecule has 0 spiro atoms. The van der Waals surface area contributed by atoms with Gasteiger partial charge in [0.2, 0.25) is 5.95 Å². The van der Waals surface area contributed by atoms with Crippen molar-refractivity contribution in [1.82, 2.24) is 25.3 Å². The smallest absolute Gasteiger partial charge is 0.223 e. The minimum atomic E-state index is -0.281. The molecule has 0 radical (unpaired) electrons. The van der Waals surface area contributed by atoms with E-state index in [1.54, 1.807) is 24.4 Å². The highest BCUT2D eigenvalue weighted by Crippen LogP contribution is 2.33. The zero-order valence-corrected chi connectivity index (χ0v) is 17.0. The molecule has 1 fully saturated rings. The predicted octanol–water partition coefficient (Wildman–Crippen LogP) is 4.11. The second-order valence-corrected chi connectivity index (χ2v) is 7.38. The zero-order chi connectivity index (χ0) is 20.9. The lowest BCUT2D eigenvalue weighted by molar-refractivity contribution is 0.444. The second kappa shape index (κ2) is 9.09. The first-order valence-electron chi connectivity index (χ1n) is 10.2. The average Bonchev–Trinajstić information content (AvgIpc) is 2.79. The lowest BCUT2D eigenvalue weighted by Gasteiger charge is -2.22. The van der Waals surface area contributed by atoms with Crippen molar-refractivity contribution in [3.05, 3.63) is 66.6 Å². The van der Waals surface area contributed by atoms with Gasteiger partial charge in [0.1, 0.15) is 11.6 Å². The van der Waals surface area contributed by atoms with Gasteiger partial charge in [0.05, 0.1) is 11.4 Å². The maximum Gasteiger partial charge on any atom is 0.223 e. The Morgan fingerprint density at radius 1 is 1.10 bits per heavy atom. The summed E-state index contributed by atoms with van der Waals surface area (Å²) in [5, 5.41) is 6.50. The Bertz CT molecular complexity index is 1030. The van der Waals surface area contributed by atoms with Crippen molar-refractivity contribution in [3.63, 3.8) is 0 Å². The van der Waals surface area contributed by atoms with Gasteiger partial charge in [-0.3, -0.25) is 0 Å². The van der Waals surface area contributed by atoms with E-state index >= 15 is 0 Å². The van der Waals surface area contributed by atoms with E-state index in [9.17, 15) is 4.39 Å². The molecule has 154 valence electrons. The third-order valence-corrected chi connectivity index (χ3v) is 5.31. The van der Waals surface area contributed by atoms with Crippen LogP contribution in [0, 0.1) is 12.7 Å². The van der Waals surface area contributed by atoms with Crippen LogP contribution in [-0.2, 0) is 0 Å². The molecule has 0 unspecified atom stereocenters. The topological polar surface area (TPSA) is 75.6 Å². The second-order valence-electron chi connectivity index (χ2n) is 7.38. The van der Waals surface area contributed by atoms with E-state index in [2.05, 4.69) is 27.2 Å². The maximum absolute atomic E-state index is 13.4. The van der Waals surface area contributed by atoms with Crippen LogP contribution < -0.4 is 10.6 Å². The first-order chi connectivity index (χ1) is 14.7. The summed E-state index contributed by atoms with van der Waals surface area (Å²) in [6.45, 7) is 8.24. The van der Waals surface area contributed by atoms with Crippen molar-refractivity contribution in [2.24, 2.45) is 0 Å². The minimum Gasteiger partial charge on any atom is -0.351 e. The summed E-state index contributed by atoms with van der Waals surface area (Å²) < 4.78 is 13.4. The number of benzene rings is 1. The van der Waals surface area contributed by atoms with Crippen LogP contribution in [0.2, 0.25) is 0 Å². The molecule has 1 saturated heterocycles. The van der Waals surface area contributed by atoms with E-state index in [4.69, 9.17) is 9.97 Å². The van der Waals surface area contributed by atoms with Gasteiger partial charge in [-0.1, -0.05) is 18.2 Å². The molecular formula is C23H25FN6. The molecule has 0 aliphatic carbocycles. The molecule has 30 heavy (non-hydrogen) atoms. The number of aryl methyl sites for hydroxylation is 1. The van der Waals surface area contributed by atoms with Crippen LogP contribution in [0.5, 0.6) is 0 Å². The highest BCUT2D eigenvalue weighted by Gasteiger charge is 2.20. The number of rotatable bonds is 6. The van der Waals surface area contributed by atoms with Crippen molar-refractivity contribution >= 4 is 5.95 Å². The number of nitrogens with one attached hydrogen (secondary N) is 2. The van der Waals surface area contributed by atoms with E-state index in [1.807, 2.05) is 13.1 Å². The summed E-state index contributed by atoms with van der Waals surface area (Å²) in [6.07, 6.45) is 7.44. The molecule has 0 saturated carbocycles. The number of aromatic nitrogens is 4. The number of anilines is 1. The Labute approximate surface area is 175 Å². The van der Waals surface area contributed by atoms with Gasteiger partial charge in [0.15, 0.2) is 0 Å². The van der Waals surface area contributed by atoms with Crippen LogP contribution in [0.4, 0.5) is 10.3 Å². The maximum atomic E-state index is 13.4. The van der Waals surface area contributed by atoms with E-state index in [1.165, 1.54) is 12.1 Å². The molecule has 1 aliphatic heterocycles. The van der Waals surface area contributed by atoms with Crippen LogP contribution >= 0.6 is 0 Å². The summed E-state index contributed by atoms with van der Waals surface area (Å²) in [7, 11) is 0. The van der Waals surface area contributed by atoms with E-state index in [0.29, 0.717) is 18.4 Å². The highest BCUT2D eigenvalue weighted by molar-refractivity contribution is 5.81. The summed E-state index contributed by atoms with van der Waals surface area (Å²) in [5.41, 5.74) is 4.08. The Morgan fingerprint density at radius 2 is 1.83 bits per heavy atom. The summed E-state index contributed by atoms with van der Waals surface area (Å²) in [4.78, 5) is 18.6. The van der Waals surface area contributed by atoms with E-state index in [-0.39, 0.29) is 5.82 Å². The predicted molar refractivity (Wildman–Crippen MR) is 117 cm³/mol. The van der Waals surface area contributed by atoms with Gasteiger partial charge in [-0.2, -0.15) is 0 Å². The molecule has 3 heterocycles. The number of halogens is 1. The monoisotopic (exact) mass is 404 g/mol. The molecule has 0 amide bonds. The Hall–Kier alpha value is -3.19. The zero-order valence-electron chi connectivity index (χ0n) is 17.0. The number of hydrogen-bond donors (Lipinski definition) is 2. The molecule has 0 atom stereocenters. The molecule has 2 aromatic heterocycles. The Morgan fingerprint density at radius 3 is 2.53 bits per heavy atom. The van der Waals surface area contributed by atoms with Gasteiger partial charge in [0.25, 0.3) is 0 Å². The number of piperidine rings is 1. The number of nitrogens with zero attached hydrogens (tertiary/aromatic N) is 4. The number of hydrogen-bond acceptors (Lipinski definition) is 6. The molecule has 4 rings (SSSR count). The van der Waals surface area contributed by atoms with Crippen molar-refractivity contribution in [1.29, 1.82) is 0 Å². The fourth-order valence-corrected chi connectivity index (χ4v) is 3.67. The fourth-order valence-electron chi connectivity index (χ4n) is 3.67. The highest BCUT2D eigenvalue weighted by atomic mass is 19.1. The first-order valence-corrected chi connectivity index (χ1v) is 10.2. The molecule has 3 aromatic rings. The molecule has 0 bridgehead atoms. The lowest BCUT2D eigenvalue weighted by atomic mass is 9.96. The standard InChI is InChI=1S/C23H25FN6/c1-3-10-26-23-28-14-20(16-4-6-18(24)7-5-16)21(30-23)19-13-27-22(29-15(19)2)17-8-11-25-12-9-17/h3-7,13-14,17,25H,1,8-12H2,2H3,(H,26,28,30). The molecular weight excluding hydrogens is 379 g/mol. The third-order valence-electron chi connectivity index (χ3n) is 5.31. The quantitative estimate of drug-likeness (QED) is 0.602. The van der Waals surface area contributed by atoms with Crippen molar-refractivity contribution in [3.8, 4) is 22.4 Å². The first kappa shape index (κ1) is 20.1. The molecule has 1 aromatic carbocycles. The van der Waals surface area contributed by atoms with Crippen LogP contribution in [-0.4, -0.2) is 39.6 Å². The Balaban J connectivity index is 1.76. The van der Waals surface area contributed by atoms with E-state index < -0.39 is 0 Å². The molecule has 2 N–H and O–H groups in total.